The summed E-state index contributed by atoms with van der Waals surface area (Å²) in [6, 6.07) is 11.1. The second-order valence-corrected chi connectivity index (χ2v) is 4.68. The van der Waals surface area contributed by atoms with Gasteiger partial charge in [-0.2, -0.15) is 0 Å². The molecule has 5 heteroatoms. The molecule has 0 saturated carbocycles. The lowest BCUT2D eigenvalue weighted by Crippen LogP contribution is -2.01. The molecule has 0 aliphatic heterocycles. The summed E-state index contributed by atoms with van der Waals surface area (Å²) < 4.78 is 19.0. The molecule has 0 spiro atoms. The number of halogens is 2. The summed E-state index contributed by atoms with van der Waals surface area (Å²) in [6.45, 7) is 0.0551. The van der Waals surface area contributed by atoms with Gasteiger partial charge in [0.15, 0.2) is 0 Å². The van der Waals surface area contributed by atoms with Gasteiger partial charge in [0, 0.05) is 10.6 Å². The van der Waals surface area contributed by atoms with Gasteiger partial charge >= 0.3 is 5.97 Å². The zero-order valence-corrected chi connectivity index (χ0v) is 11.2. The SMILES string of the molecule is O=C(O)Cc1cccc(OCc2ccc(Cl)cc2F)c1. The maximum absolute atomic E-state index is 13.6. The van der Waals surface area contributed by atoms with Crippen LogP contribution in [0.2, 0.25) is 5.02 Å². The first kappa shape index (κ1) is 14.3. The van der Waals surface area contributed by atoms with Crippen LogP contribution < -0.4 is 4.74 Å². The molecule has 0 radical (unpaired) electrons. The van der Waals surface area contributed by atoms with Crippen LogP contribution in [0.5, 0.6) is 5.75 Å². The van der Waals surface area contributed by atoms with Crippen molar-refractivity contribution in [2.24, 2.45) is 0 Å². The van der Waals surface area contributed by atoms with E-state index in [-0.39, 0.29) is 13.0 Å². The summed E-state index contributed by atoms with van der Waals surface area (Å²) >= 11 is 5.67. The predicted octanol–water partition coefficient (Wildman–Crippen LogP) is 3.69. The van der Waals surface area contributed by atoms with E-state index in [2.05, 4.69) is 0 Å². The van der Waals surface area contributed by atoms with Gasteiger partial charge in [-0.1, -0.05) is 29.8 Å². The van der Waals surface area contributed by atoms with E-state index in [0.717, 1.165) is 0 Å². The Hall–Kier alpha value is -2.07. The second kappa shape index (κ2) is 6.39. The molecule has 0 fully saturated rings. The number of carboxylic acid groups (broad SMARTS) is 1. The fourth-order valence-corrected chi connectivity index (χ4v) is 1.88. The Morgan fingerprint density at radius 3 is 2.75 bits per heavy atom. The molecule has 1 N–H and O–H groups in total. The molecule has 0 unspecified atom stereocenters. The summed E-state index contributed by atoms with van der Waals surface area (Å²) in [7, 11) is 0. The highest BCUT2D eigenvalue weighted by atomic mass is 35.5. The van der Waals surface area contributed by atoms with E-state index in [4.69, 9.17) is 21.4 Å². The summed E-state index contributed by atoms with van der Waals surface area (Å²) in [5.41, 5.74) is 1.02. The van der Waals surface area contributed by atoms with Gasteiger partial charge in [0.1, 0.15) is 18.2 Å². The fourth-order valence-electron chi connectivity index (χ4n) is 1.72. The van der Waals surface area contributed by atoms with Crippen LogP contribution >= 0.6 is 11.6 Å². The van der Waals surface area contributed by atoms with Crippen LogP contribution in [-0.4, -0.2) is 11.1 Å². The minimum absolute atomic E-state index is 0.0551. The Labute approximate surface area is 120 Å². The van der Waals surface area contributed by atoms with Gasteiger partial charge in [-0.25, -0.2) is 4.39 Å². The predicted molar refractivity (Wildman–Crippen MR) is 73.5 cm³/mol. The van der Waals surface area contributed by atoms with E-state index in [1.807, 2.05) is 0 Å². The Balaban J connectivity index is 2.05. The van der Waals surface area contributed by atoms with Crippen LogP contribution in [0.25, 0.3) is 0 Å². The minimum atomic E-state index is -0.911. The number of carboxylic acids is 1. The molecule has 0 aromatic heterocycles. The third kappa shape index (κ3) is 3.96. The molecule has 2 rings (SSSR count). The molecule has 0 heterocycles. The molecule has 0 aliphatic rings. The first-order valence-electron chi connectivity index (χ1n) is 5.92. The van der Waals surface area contributed by atoms with E-state index in [1.54, 1.807) is 36.4 Å². The highest BCUT2D eigenvalue weighted by molar-refractivity contribution is 6.30. The van der Waals surface area contributed by atoms with Crippen molar-refractivity contribution in [3.05, 3.63) is 64.4 Å². The summed E-state index contributed by atoms with van der Waals surface area (Å²) in [5, 5.41) is 9.05. The number of hydrogen-bond acceptors (Lipinski definition) is 2. The first-order valence-corrected chi connectivity index (χ1v) is 6.30. The molecule has 0 aliphatic carbocycles. The van der Waals surface area contributed by atoms with Crippen LogP contribution in [0.4, 0.5) is 4.39 Å². The number of aliphatic carboxylic acids is 1. The third-order valence-electron chi connectivity index (χ3n) is 2.66. The molecule has 0 saturated heterocycles. The standard InChI is InChI=1S/C15H12ClFO3/c16-12-5-4-11(14(17)8-12)9-20-13-3-1-2-10(6-13)7-15(18)19/h1-6,8H,7,9H2,(H,18,19). The van der Waals surface area contributed by atoms with Gasteiger partial charge in [-0.05, 0) is 29.8 Å². The smallest absolute Gasteiger partial charge is 0.307 e. The highest BCUT2D eigenvalue weighted by Gasteiger charge is 2.05. The molecular formula is C15H12ClFO3. The topological polar surface area (TPSA) is 46.5 Å². The van der Waals surface area contributed by atoms with Crippen LogP contribution in [0.15, 0.2) is 42.5 Å². The van der Waals surface area contributed by atoms with Gasteiger partial charge < -0.3 is 9.84 Å². The zero-order chi connectivity index (χ0) is 14.5. The maximum Gasteiger partial charge on any atom is 0.307 e. The second-order valence-electron chi connectivity index (χ2n) is 4.24. The van der Waals surface area contributed by atoms with Crippen LogP contribution in [0, 0.1) is 5.82 Å². The van der Waals surface area contributed by atoms with E-state index >= 15 is 0 Å². The Kier molecular flexibility index (Phi) is 4.58. The van der Waals surface area contributed by atoms with Crippen LogP contribution in [0.1, 0.15) is 11.1 Å². The molecule has 20 heavy (non-hydrogen) atoms. The third-order valence-corrected chi connectivity index (χ3v) is 2.90. The number of ether oxygens (including phenoxy) is 1. The van der Waals surface area contributed by atoms with Gasteiger partial charge in [-0.3, -0.25) is 4.79 Å². The van der Waals surface area contributed by atoms with Crippen molar-refractivity contribution < 1.29 is 19.0 Å². The van der Waals surface area contributed by atoms with E-state index in [1.165, 1.54) is 6.07 Å². The first-order chi connectivity index (χ1) is 9.54. The lowest BCUT2D eigenvalue weighted by atomic mass is 10.1. The minimum Gasteiger partial charge on any atom is -0.489 e. The molecular weight excluding hydrogens is 283 g/mol. The zero-order valence-electron chi connectivity index (χ0n) is 10.5. The van der Waals surface area contributed by atoms with Gasteiger partial charge in [0.2, 0.25) is 0 Å². The van der Waals surface area contributed by atoms with Crippen molar-refractivity contribution >= 4 is 17.6 Å². The average Bonchev–Trinajstić information content (AvgIpc) is 2.37. The highest BCUT2D eigenvalue weighted by Crippen LogP contribution is 2.19. The van der Waals surface area contributed by atoms with Crippen molar-refractivity contribution in [1.82, 2.24) is 0 Å². The molecule has 3 nitrogen and oxygen atoms in total. The van der Waals surface area contributed by atoms with Gasteiger partial charge in [-0.15, -0.1) is 0 Å². The molecule has 0 bridgehead atoms. The van der Waals surface area contributed by atoms with E-state index in [9.17, 15) is 9.18 Å². The van der Waals surface area contributed by atoms with Crippen molar-refractivity contribution in [3.8, 4) is 5.75 Å². The number of hydrogen-bond donors (Lipinski definition) is 1. The Morgan fingerprint density at radius 1 is 1.25 bits per heavy atom. The lowest BCUT2D eigenvalue weighted by molar-refractivity contribution is -0.136. The molecule has 2 aromatic carbocycles. The van der Waals surface area contributed by atoms with Gasteiger partial charge in [0.25, 0.3) is 0 Å². The van der Waals surface area contributed by atoms with E-state index in [0.29, 0.717) is 21.9 Å². The van der Waals surface area contributed by atoms with Crippen molar-refractivity contribution in [2.45, 2.75) is 13.0 Å². The Morgan fingerprint density at radius 2 is 2.05 bits per heavy atom. The maximum atomic E-state index is 13.6. The molecule has 104 valence electrons. The number of benzene rings is 2. The quantitative estimate of drug-likeness (QED) is 0.915. The normalized spacial score (nSPS) is 10.3. The lowest BCUT2D eigenvalue weighted by Gasteiger charge is -2.08. The molecule has 0 amide bonds. The summed E-state index contributed by atoms with van der Waals surface area (Å²) in [4.78, 5) is 10.6. The molecule has 0 atom stereocenters. The number of rotatable bonds is 5. The average molecular weight is 295 g/mol. The van der Waals surface area contributed by atoms with E-state index < -0.39 is 11.8 Å². The monoisotopic (exact) mass is 294 g/mol. The van der Waals surface area contributed by atoms with Crippen LogP contribution in [0.3, 0.4) is 0 Å². The largest absolute Gasteiger partial charge is 0.489 e. The fraction of sp³-hybridized carbons (Fsp3) is 0.133. The van der Waals surface area contributed by atoms with Crippen LogP contribution in [-0.2, 0) is 17.8 Å². The van der Waals surface area contributed by atoms with Gasteiger partial charge in [0.05, 0.1) is 6.42 Å². The number of carbonyl (C=O) groups is 1. The van der Waals surface area contributed by atoms with Crippen molar-refractivity contribution in [3.63, 3.8) is 0 Å². The Bertz CT molecular complexity index is 628. The molecule has 2 aromatic rings. The summed E-state index contributed by atoms with van der Waals surface area (Å²) in [6.07, 6.45) is -0.0769. The van der Waals surface area contributed by atoms with Crippen molar-refractivity contribution in [1.29, 1.82) is 0 Å². The van der Waals surface area contributed by atoms with Crippen molar-refractivity contribution in [2.75, 3.05) is 0 Å². The summed E-state index contributed by atoms with van der Waals surface area (Å²) in [5.74, 6) is -0.844.